The third kappa shape index (κ3) is 6.08. The summed E-state index contributed by atoms with van der Waals surface area (Å²) in [5.41, 5.74) is 3.01. The van der Waals surface area contributed by atoms with Crippen LogP contribution >= 0.6 is 21.8 Å². The zero-order chi connectivity index (χ0) is 16.5. The molecule has 0 saturated heterocycles. The molecule has 0 bridgehead atoms. The Labute approximate surface area is 158 Å². The molecule has 3 heteroatoms. The Morgan fingerprint density at radius 3 is 2.74 bits per heavy atom. The topological polar surface area (TPSA) is 9.23 Å². The Morgan fingerprint density at radius 2 is 2.04 bits per heavy atom. The molecule has 0 N–H and O–H groups in total. The summed E-state index contributed by atoms with van der Waals surface area (Å²) in [6, 6.07) is 8.33. The second-order valence-corrected chi connectivity index (χ2v) is 9.96. The van der Waals surface area contributed by atoms with E-state index in [0.29, 0.717) is 5.92 Å². The number of benzene rings is 1. The molecule has 1 aliphatic rings. The molecule has 1 nitrogen and oxygen atoms in total. The van der Waals surface area contributed by atoms with E-state index in [1.165, 1.54) is 74.3 Å². The molecular weight excluding hydrogens is 411 g/mol. The highest BCUT2D eigenvalue weighted by Crippen LogP contribution is 2.39. The average Bonchev–Trinajstić information content (AvgIpc) is 2.60. The maximum Gasteiger partial charge on any atom is 0.131 e. The van der Waals surface area contributed by atoms with Gasteiger partial charge in [-0.15, -0.1) is 21.8 Å². The van der Waals surface area contributed by atoms with Gasteiger partial charge >= 0.3 is 0 Å². The van der Waals surface area contributed by atoms with E-state index in [2.05, 4.69) is 53.8 Å². The van der Waals surface area contributed by atoms with E-state index in [1.807, 2.05) is 0 Å². The highest BCUT2D eigenvalue weighted by molar-refractivity contribution is 14.1. The van der Waals surface area contributed by atoms with Crippen molar-refractivity contribution in [3.63, 3.8) is 0 Å². The van der Waals surface area contributed by atoms with Gasteiger partial charge < -0.3 is 4.74 Å². The monoisotopic (exact) mass is 442 g/mol. The molecule has 0 heterocycles. The largest absolute Gasteiger partial charge is 0.493 e. The van der Waals surface area contributed by atoms with Crippen LogP contribution in [0.4, 0.5) is 0 Å². The van der Waals surface area contributed by atoms with Gasteiger partial charge in [0.25, 0.3) is 0 Å². The molecular formula is C20H31IOSi. The highest BCUT2D eigenvalue weighted by Gasteiger charge is 2.20. The molecule has 0 amide bonds. The summed E-state index contributed by atoms with van der Waals surface area (Å²) in [5.74, 6) is 2.55. The van der Waals surface area contributed by atoms with Crippen LogP contribution in [0.15, 0.2) is 18.2 Å². The molecule has 1 aromatic carbocycles. The number of hydrogen-bond donors (Lipinski definition) is 0. The van der Waals surface area contributed by atoms with Crippen LogP contribution in [0.5, 0.6) is 5.75 Å². The first-order valence-electron chi connectivity index (χ1n) is 9.36. The Bertz CT molecular complexity index is 457. The van der Waals surface area contributed by atoms with Crippen LogP contribution in [0.3, 0.4) is 0 Å². The summed E-state index contributed by atoms with van der Waals surface area (Å²) in [4.78, 5) is 0. The molecule has 1 atom stereocenters. The van der Waals surface area contributed by atoms with E-state index in [1.54, 1.807) is 0 Å². The first-order chi connectivity index (χ1) is 11.3. The van der Waals surface area contributed by atoms with Crippen LogP contribution < -0.4 is 4.74 Å². The van der Waals surface area contributed by atoms with Crippen LogP contribution in [0, 0.1) is 0 Å². The quantitative estimate of drug-likeness (QED) is 0.175. The lowest BCUT2D eigenvalue weighted by atomic mass is 9.82. The van der Waals surface area contributed by atoms with Gasteiger partial charge in [0, 0.05) is 0 Å². The lowest BCUT2D eigenvalue weighted by Crippen LogP contribution is -2.09. The van der Waals surface area contributed by atoms with Crippen molar-refractivity contribution in [2.24, 2.45) is 0 Å². The minimum absolute atomic E-state index is 0.664. The van der Waals surface area contributed by atoms with Crippen LogP contribution in [0.25, 0.3) is 0 Å². The Balaban J connectivity index is 2.14. The molecule has 0 aromatic heterocycles. The molecule has 2 radical (unpaired) electrons. The Kier molecular flexibility index (Phi) is 9.02. The summed E-state index contributed by atoms with van der Waals surface area (Å²) in [5, 5.41) is 0. The molecule has 128 valence electrons. The molecule has 0 spiro atoms. The molecule has 0 aliphatic heterocycles. The van der Waals surface area contributed by atoms with Crippen molar-refractivity contribution in [3.05, 3.63) is 29.3 Å². The van der Waals surface area contributed by atoms with E-state index in [-0.39, 0.29) is 0 Å². The number of ether oxygens (including phenoxy) is 1. The molecule has 1 fully saturated rings. The maximum atomic E-state index is 6.19. The van der Waals surface area contributed by atoms with E-state index >= 15 is 0 Å². The average molecular weight is 442 g/mol. The number of hydrogen-bond acceptors (Lipinski definition) is 1. The van der Waals surface area contributed by atoms with Gasteiger partial charge in [-0.3, -0.25) is 0 Å². The van der Waals surface area contributed by atoms with E-state index < -0.39 is 0 Å². The fraction of sp³-hybridized carbons (Fsp3) is 0.700. The van der Waals surface area contributed by atoms with Gasteiger partial charge in [-0.05, 0) is 60.8 Å². The van der Waals surface area contributed by atoms with Gasteiger partial charge in [-0.2, -0.15) is 0 Å². The van der Waals surface area contributed by atoms with Gasteiger partial charge in [-0.25, -0.2) is 0 Å². The lowest BCUT2D eigenvalue weighted by Gasteiger charge is -2.25. The van der Waals surface area contributed by atoms with E-state index in [9.17, 15) is 0 Å². The summed E-state index contributed by atoms with van der Waals surface area (Å²) in [6.07, 6.45) is 10.6. The number of halogens is 1. The predicted molar refractivity (Wildman–Crippen MR) is 110 cm³/mol. The minimum atomic E-state index is 0.664. The standard InChI is InChI=1S/C20H31IOSi/c1-3-8-16(2)18-11-12-20(22-13-7-14-23-21)19(15-18)17-9-5-4-6-10-17/h11-12,15-17H,3-10,13-14H2,1-2H3. The first-order valence-corrected chi connectivity index (χ1v) is 13.7. The van der Waals surface area contributed by atoms with E-state index in [4.69, 9.17) is 4.74 Å². The van der Waals surface area contributed by atoms with Crippen molar-refractivity contribution < 1.29 is 4.74 Å². The SMILES string of the molecule is CCCC(C)c1ccc(OCCC[Si]I)c(C2CCCCC2)c1. The smallest absolute Gasteiger partial charge is 0.131 e. The van der Waals surface area contributed by atoms with Gasteiger partial charge in [-0.1, -0.05) is 51.7 Å². The van der Waals surface area contributed by atoms with Crippen molar-refractivity contribution in [2.75, 3.05) is 6.61 Å². The van der Waals surface area contributed by atoms with Crippen molar-refractivity contribution >= 4 is 28.8 Å². The van der Waals surface area contributed by atoms with Crippen LogP contribution in [0.2, 0.25) is 6.04 Å². The lowest BCUT2D eigenvalue weighted by molar-refractivity contribution is 0.307. The van der Waals surface area contributed by atoms with Gasteiger partial charge in [0.05, 0.1) is 6.61 Å². The molecule has 1 saturated carbocycles. The van der Waals surface area contributed by atoms with Crippen molar-refractivity contribution in [1.82, 2.24) is 0 Å². The van der Waals surface area contributed by atoms with E-state index in [0.717, 1.165) is 19.5 Å². The second-order valence-electron chi connectivity index (χ2n) is 6.91. The molecule has 23 heavy (non-hydrogen) atoms. The third-order valence-corrected chi connectivity index (χ3v) is 7.20. The summed E-state index contributed by atoms with van der Waals surface area (Å²) in [7, 11) is 1.01. The normalized spacial score (nSPS) is 17.2. The zero-order valence-corrected chi connectivity index (χ0v) is 17.9. The zero-order valence-electron chi connectivity index (χ0n) is 14.7. The highest BCUT2D eigenvalue weighted by atomic mass is 127. The number of rotatable bonds is 9. The Hall–Kier alpha value is -0.0331. The van der Waals surface area contributed by atoms with Crippen LogP contribution in [-0.4, -0.2) is 13.6 Å². The van der Waals surface area contributed by atoms with Crippen molar-refractivity contribution in [1.29, 1.82) is 0 Å². The maximum absolute atomic E-state index is 6.19. The van der Waals surface area contributed by atoms with Crippen molar-refractivity contribution in [3.8, 4) is 5.75 Å². The first kappa shape index (κ1) is 19.3. The summed E-state index contributed by atoms with van der Waals surface area (Å²) in [6.45, 7) is 5.52. The summed E-state index contributed by atoms with van der Waals surface area (Å²) < 4.78 is 6.19. The molecule has 1 unspecified atom stereocenters. The van der Waals surface area contributed by atoms with Crippen LogP contribution in [0.1, 0.15) is 88.2 Å². The van der Waals surface area contributed by atoms with Crippen LogP contribution in [-0.2, 0) is 0 Å². The fourth-order valence-corrected chi connectivity index (χ4v) is 5.08. The molecule has 1 aromatic rings. The minimum Gasteiger partial charge on any atom is -0.493 e. The molecule has 2 rings (SSSR count). The third-order valence-electron chi connectivity index (χ3n) is 5.04. The van der Waals surface area contributed by atoms with Crippen molar-refractivity contribution in [2.45, 2.75) is 83.1 Å². The van der Waals surface area contributed by atoms with Gasteiger partial charge in [0.15, 0.2) is 0 Å². The van der Waals surface area contributed by atoms with Gasteiger partial charge in [0.2, 0.25) is 0 Å². The molecule has 1 aliphatic carbocycles. The second kappa shape index (κ2) is 10.8. The fourth-order valence-electron chi connectivity index (χ4n) is 3.66. The Morgan fingerprint density at radius 1 is 1.26 bits per heavy atom. The predicted octanol–water partition coefficient (Wildman–Crippen LogP) is 6.88. The van der Waals surface area contributed by atoms with Gasteiger partial charge in [0.1, 0.15) is 12.8 Å². The summed E-state index contributed by atoms with van der Waals surface area (Å²) >= 11 is 2.48.